The van der Waals surface area contributed by atoms with Crippen molar-refractivity contribution in [3.8, 4) is 0 Å². The largest absolute Gasteiger partial charge is 0.508 e. The van der Waals surface area contributed by atoms with Crippen molar-refractivity contribution >= 4 is 34.7 Å². The van der Waals surface area contributed by atoms with Gasteiger partial charge in [0.05, 0.1) is 10.0 Å². The SMILES string of the molecule is CC(=O)CC/C=C(/O)c1ccc(Cl)c(Cl)c1. The molecule has 1 aromatic rings. The molecule has 0 heterocycles. The Bertz CT molecular complexity index is 425. The molecular weight excluding hydrogens is 247 g/mol. The maximum absolute atomic E-state index is 10.7. The van der Waals surface area contributed by atoms with E-state index in [9.17, 15) is 9.90 Å². The van der Waals surface area contributed by atoms with Crippen molar-refractivity contribution in [2.24, 2.45) is 0 Å². The number of aliphatic hydroxyl groups is 1. The summed E-state index contributed by atoms with van der Waals surface area (Å²) in [6.45, 7) is 1.52. The Morgan fingerprint density at radius 2 is 2.06 bits per heavy atom. The Labute approximate surface area is 104 Å². The van der Waals surface area contributed by atoms with Crippen LogP contribution in [0, 0.1) is 0 Å². The number of halogens is 2. The van der Waals surface area contributed by atoms with Crippen LogP contribution in [0.15, 0.2) is 24.3 Å². The fourth-order valence-corrected chi connectivity index (χ4v) is 1.48. The predicted molar refractivity (Wildman–Crippen MR) is 67.0 cm³/mol. The number of hydrogen-bond acceptors (Lipinski definition) is 2. The van der Waals surface area contributed by atoms with Gasteiger partial charge in [-0.2, -0.15) is 0 Å². The minimum atomic E-state index is 0.0955. The highest BCUT2D eigenvalue weighted by molar-refractivity contribution is 6.42. The van der Waals surface area contributed by atoms with Gasteiger partial charge < -0.3 is 9.90 Å². The summed E-state index contributed by atoms with van der Waals surface area (Å²) in [5, 5.41) is 10.5. The quantitative estimate of drug-likeness (QED) is 0.820. The number of carbonyl (C=O) groups is 1. The third-order valence-electron chi connectivity index (χ3n) is 2.05. The number of rotatable bonds is 4. The number of ketones is 1. The van der Waals surface area contributed by atoms with Gasteiger partial charge in [-0.1, -0.05) is 23.2 Å². The fourth-order valence-electron chi connectivity index (χ4n) is 1.19. The summed E-state index contributed by atoms with van der Waals surface area (Å²) in [4.78, 5) is 10.7. The smallest absolute Gasteiger partial charge is 0.130 e. The van der Waals surface area contributed by atoms with Crippen LogP contribution in [0.2, 0.25) is 10.0 Å². The average molecular weight is 259 g/mol. The topological polar surface area (TPSA) is 37.3 Å². The number of carbonyl (C=O) groups excluding carboxylic acids is 1. The highest BCUT2D eigenvalue weighted by atomic mass is 35.5. The standard InChI is InChI=1S/C12H12Cl2O2/c1-8(15)3-2-4-12(16)9-5-6-10(13)11(14)7-9/h4-7,16H,2-3H2,1H3/b12-4+. The van der Waals surface area contributed by atoms with Crippen molar-refractivity contribution < 1.29 is 9.90 Å². The van der Waals surface area contributed by atoms with Gasteiger partial charge in [0.1, 0.15) is 11.5 Å². The summed E-state index contributed by atoms with van der Waals surface area (Å²) in [5.41, 5.74) is 0.595. The Morgan fingerprint density at radius 1 is 1.38 bits per heavy atom. The normalized spacial score (nSPS) is 11.6. The molecule has 0 saturated heterocycles. The van der Waals surface area contributed by atoms with Gasteiger partial charge in [0.2, 0.25) is 0 Å². The number of allylic oxidation sites excluding steroid dienone is 1. The van der Waals surface area contributed by atoms with Gasteiger partial charge in [-0.15, -0.1) is 0 Å². The van der Waals surface area contributed by atoms with Crippen LogP contribution in [0.3, 0.4) is 0 Å². The highest BCUT2D eigenvalue weighted by Crippen LogP contribution is 2.25. The van der Waals surface area contributed by atoms with E-state index in [4.69, 9.17) is 23.2 Å². The molecule has 0 aromatic heterocycles. The van der Waals surface area contributed by atoms with Gasteiger partial charge in [-0.25, -0.2) is 0 Å². The lowest BCUT2D eigenvalue weighted by molar-refractivity contribution is -0.116. The molecule has 0 radical (unpaired) electrons. The minimum absolute atomic E-state index is 0.0955. The van der Waals surface area contributed by atoms with Crippen LogP contribution in [0.4, 0.5) is 0 Å². The number of hydrogen-bond donors (Lipinski definition) is 1. The van der Waals surface area contributed by atoms with Crippen LogP contribution in [0.25, 0.3) is 5.76 Å². The van der Waals surface area contributed by atoms with E-state index in [2.05, 4.69) is 0 Å². The molecule has 86 valence electrons. The maximum atomic E-state index is 10.7. The zero-order chi connectivity index (χ0) is 12.1. The Morgan fingerprint density at radius 3 is 2.62 bits per heavy atom. The molecule has 0 atom stereocenters. The molecule has 16 heavy (non-hydrogen) atoms. The van der Waals surface area contributed by atoms with Gasteiger partial charge in [-0.05, 0) is 37.6 Å². The van der Waals surface area contributed by atoms with Crippen LogP contribution < -0.4 is 0 Å². The molecule has 2 nitrogen and oxygen atoms in total. The summed E-state index contributed by atoms with van der Waals surface area (Å²) >= 11 is 11.6. The lowest BCUT2D eigenvalue weighted by Gasteiger charge is -2.02. The first kappa shape index (κ1) is 13.1. The molecule has 1 rings (SSSR count). The minimum Gasteiger partial charge on any atom is -0.508 e. The lowest BCUT2D eigenvalue weighted by atomic mass is 10.1. The third kappa shape index (κ3) is 3.87. The van der Waals surface area contributed by atoms with E-state index >= 15 is 0 Å². The molecule has 1 N–H and O–H groups in total. The van der Waals surface area contributed by atoms with Crippen molar-refractivity contribution in [1.29, 1.82) is 0 Å². The molecule has 0 bridgehead atoms. The number of benzene rings is 1. The molecule has 0 saturated carbocycles. The zero-order valence-corrected chi connectivity index (χ0v) is 10.3. The zero-order valence-electron chi connectivity index (χ0n) is 8.84. The third-order valence-corrected chi connectivity index (χ3v) is 2.79. The molecule has 1 aromatic carbocycles. The summed E-state index contributed by atoms with van der Waals surface area (Å²) in [6.07, 6.45) is 2.54. The van der Waals surface area contributed by atoms with Crippen molar-refractivity contribution in [2.75, 3.05) is 0 Å². The fraction of sp³-hybridized carbons (Fsp3) is 0.250. The van der Waals surface area contributed by atoms with E-state index in [1.165, 1.54) is 6.92 Å². The first-order valence-corrected chi connectivity index (χ1v) is 5.60. The van der Waals surface area contributed by atoms with E-state index in [-0.39, 0.29) is 11.5 Å². The molecule has 4 heteroatoms. The Balaban J connectivity index is 2.75. The van der Waals surface area contributed by atoms with Crippen molar-refractivity contribution in [3.63, 3.8) is 0 Å². The molecule has 0 spiro atoms. The second-order valence-corrected chi connectivity index (χ2v) is 4.27. The van der Waals surface area contributed by atoms with Crippen molar-refractivity contribution in [1.82, 2.24) is 0 Å². The van der Waals surface area contributed by atoms with E-state index in [1.54, 1.807) is 24.3 Å². The Kier molecular flexibility index (Phi) is 4.84. The Hall–Kier alpha value is -0.990. The van der Waals surface area contributed by atoms with E-state index in [0.29, 0.717) is 28.5 Å². The van der Waals surface area contributed by atoms with E-state index in [0.717, 1.165) is 0 Å². The summed E-state index contributed by atoms with van der Waals surface area (Å²) in [6, 6.07) is 4.88. The van der Waals surface area contributed by atoms with Gasteiger partial charge in [0.25, 0.3) is 0 Å². The number of aliphatic hydroxyl groups excluding tert-OH is 1. The van der Waals surface area contributed by atoms with Crippen molar-refractivity contribution in [2.45, 2.75) is 19.8 Å². The summed E-state index contributed by atoms with van der Waals surface area (Å²) in [7, 11) is 0. The highest BCUT2D eigenvalue weighted by Gasteiger charge is 2.03. The van der Waals surface area contributed by atoms with E-state index < -0.39 is 0 Å². The van der Waals surface area contributed by atoms with Crippen LogP contribution in [-0.4, -0.2) is 10.9 Å². The predicted octanol–water partition coefficient (Wildman–Crippen LogP) is 4.26. The molecule has 0 amide bonds. The van der Waals surface area contributed by atoms with Crippen LogP contribution in [0.5, 0.6) is 0 Å². The van der Waals surface area contributed by atoms with E-state index in [1.807, 2.05) is 0 Å². The average Bonchev–Trinajstić information content (AvgIpc) is 2.21. The molecule has 0 fully saturated rings. The summed E-state index contributed by atoms with van der Waals surface area (Å²) < 4.78 is 0. The molecule has 0 aliphatic heterocycles. The van der Waals surface area contributed by atoms with Gasteiger partial charge in [0, 0.05) is 12.0 Å². The molecule has 0 aliphatic rings. The molecule has 0 aliphatic carbocycles. The second-order valence-electron chi connectivity index (χ2n) is 3.46. The number of Topliss-reactive ketones (excluding diaryl/α,β-unsaturated/α-hetero) is 1. The maximum Gasteiger partial charge on any atom is 0.130 e. The van der Waals surface area contributed by atoms with Crippen LogP contribution >= 0.6 is 23.2 Å². The first-order valence-electron chi connectivity index (χ1n) is 4.84. The monoisotopic (exact) mass is 258 g/mol. The van der Waals surface area contributed by atoms with Crippen LogP contribution in [0.1, 0.15) is 25.3 Å². The second kappa shape index (κ2) is 5.92. The van der Waals surface area contributed by atoms with Crippen molar-refractivity contribution in [3.05, 3.63) is 39.9 Å². The van der Waals surface area contributed by atoms with Gasteiger partial charge in [0.15, 0.2) is 0 Å². The van der Waals surface area contributed by atoms with Gasteiger partial charge in [-0.3, -0.25) is 0 Å². The molecular formula is C12H12Cl2O2. The van der Waals surface area contributed by atoms with Gasteiger partial charge >= 0.3 is 0 Å². The molecule has 0 unspecified atom stereocenters. The first-order chi connectivity index (χ1) is 7.50. The summed E-state index contributed by atoms with van der Waals surface area (Å²) in [5.74, 6) is 0.206. The lowest BCUT2D eigenvalue weighted by Crippen LogP contribution is -1.89. The van der Waals surface area contributed by atoms with Crippen LogP contribution in [-0.2, 0) is 4.79 Å².